The van der Waals surface area contributed by atoms with Crippen LogP contribution in [0, 0.1) is 0 Å². The van der Waals surface area contributed by atoms with Gasteiger partial charge in [0.15, 0.2) is 0 Å². The molecule has 0 aliphatic carbocycles. The highest BCUT2D eigenvalue weighted by molar-refractivity contribution is 5.82. The number of ether oxygens (including phenoxy) is 2. The molecule has 3 rings (SSSR count). The zero-order chi connectivity index (χ0) is 12.4. The maximum atomic E-state index is 5.46. The Kier molecular flexibility index (Phi) is 3.21. The lowest BCUT2D eigenvalue weighted by Gasteiger charge is -2.12. The lowest BCUT2D eigenvalue weighted by Crippen LogP contribution is -2.22. The van der Waals surface area contributed by atoms with Crippen molar-refractivity contribution in [2.75, 3.05) is 26.9 Å². The number of hydrogen-bond donors (Lipinski definition) is 2. The summed E-state index contributed by atoms with van der Waals surface area (Å²) >= 11 is 0. The van der Waals surface area contributed by atoms with Gasteiger partial charge in [0.1, 0.15) is 5.75 Å². The van der Waals surface area contributed by atoms with Crippen molar-refractivity contribution in [1.29, 1.82) is 0 Å². The molecule has 0 spiro atoms. The number of fused-ring (bicyclic) bond motifs is 1. The Morgan fingerprint density at radius 1 is 1.28 bits per heavy atom. The smallest absolute Gasteiger partial charge is 0.120 e. The second kappa shape index (κ2) is 5.00. The van der Waals surface area contributed by atoms with Gasteiger partial charge in [0.25, 0.3) is 0 Å². The molecule has 0 bridgehead atoms. The second-order valence-electron chi connectivity index (χ2n) is 4.59. The first-order valence-corrected chi connectivity index (χ1v) is 6.34. The van der Waals surface area contributed by atoms with Crippen molar-refractivity contribution in [1.82, 2.24) is 10.3 Å². The fourth-order valence-electron chi connectivity index (χ4n) is 2.42. The molecule has 0 saturated carbocycles. The number of benzene rings is 1. The highest BCUT2D eigenvalue weighted by Crippen LogP contribution is 2.25. The van der Waals surface area contributed by atoms with Crippen LogP contribution in [0.2, 0.25) is 0 Å². The number of aromatic amines is 1. The summed E-state index contributed by atoms with van der Waals surface area (Å²) in [6, 6.07) is 8.67. The van der Waals surface area contributed by atoms with E-state index in [0.717, 1.165) is 37.4 Å². The maximum Gasteiger partial charge on any atom is 0.120 e. The van der Waals surface area contributed by atoms with Crippen LogP contribution < -0.4 is 10.1 Å². The van der Waals surface area contributed by atoms with E-state index in [1.165, 1.54) is 11.1 Å². The minimum atomic E-state index is 0.353. The zero-order valence-electron chi connectivity index (χ0n) is 10.5. The van der Waals surface area contributed by atoms with Gasteiger partial charge in [-0.1, -0.05) is 0 Å². The molecule has 0 radical (unpaired) electrons. The monoisotopic (exact) mass is 246 g/mol. The van der Waals surface area contributed by atoms with E-state index in [-0.39, 0.29) is 0 Å². The molecule has 2 N–H and O–H groups in total. The van der Waals surface area contributed by atoms with Gasteiger partial charge in [-0.25, -0.2) is 0 Å². The predicted octanol–water partition coefficient (Wildman–Crippen LogP) is 2.23. The molecule has 1 fully saturated rings. The molecule has 1 atom stereocenters. The van der Waals surface area contributed by atoms with E-state index in [0.29, 0.717) is 6.04 Å². The molecule has 1 aromatic heterocycles. The van der Waals surface area contributed by atoms with Crippen LogP contribution in [0.15, 0.2) is 24.3 Å². The molecule has 4 heteroatoms. The van der Waals surface area contributed by atoms with E-state index in [2.05, 4.69) is 22.4 Å². The summed E-state index contributed by atoms with van der Waals surface area (Å²) in [5, 5.41) is 4.72. The minimum Gasteiger partial charge on any atom is -0.497 e. The Labute approximate surface area is 106 Å². The van der Waals surface area contributed by atoms with Gasteiger partial charge in [-0.2, -0.15) is 0 Å². The van der Waals surface area contributed by atoms with Gasteiger partial charge in [0.05, 0.1) is 13.7 Å². The van der Waals surface area contributed by atoms with Gasteiger partial charge < -0.3 is 19.8 Å². The van der Waals surface area contributed by atoms with Crippen molar-refractivity contribution in [3.8, 4) is 5.75 Å². The van der Waals surface area contributed by atoms with Crippen LogP contribution in [0.3, 0.4) is 0 Å². The van der Waals surface area contributed by atoms with Gasteiger partial charge in [-0.15, -0.1) is 0 Å². The van der Waals surface area contributed by atoms with Gasteiger partial charge in [0.2, 0.25) is 0 Å². The van der Waals surface area contributed by atoms with Crippen molar-refractivity contribution >= 4 is 10.9 Å². The van der Waals surface area contributed by atoms with Crippen LogP contribution in [0.1, 0.15) is 18.2 Å². The first-order chi connectivity index (χ1) is 8.86. The Bertz CT molecular complexity index is 528. The first-order valence-electron chi connectivity index (χ1n) is 6.34. The average molecular weight is 246 g/mol. The number of H-pyrrole nitrogens is 1. The van der Waals surface area contributed by atoms with Crippen LogP contribution in [-0.4, -0.2) is 31.9 Å². The Hall–Kier alpha value is -1.52. The van der Waals surface area contributed by atoms with Crippen LogP contribution in [0.25, 0.3) is 10.9 Å². The van der Waals surface area contributed by atoms with Gasteiger partial charge in [0, 0.05) is 36.5 Å². The number of methoxy groups -OCH3 is 1. The van der Waals surface area contributed by atoms with Gasteiger partial charge in [-0.05, 0) is 30.0 Å². The molecule has 96 valence electrons. The fraction of sp³-hybridized carbons (Fsp3) is 0.429. The van der Waals surface area contributed by atoms with Crippen molar-refractivity contribution in [2.45, 2.75) is 12.5 Å². The lowest BCUT2D eigenvalue weighted by atomic mass is 10.1. The fourth-order valence-corrected chi connectivity index (χ4v) is 2.42. The largest absolute Gasteiger partial charge is 0.497 e. The lowest BCUT2D eigenvalue weighted by molar-refractivity contribution is 0.150. The molecular weight excluding hydrogens is 228 g/mol. The van der Waals surface area contributed by atoms with E-state index in [4.69, 9.17) is 9.47 Å². The molecule has 2 aromatic rings. The standard InChI is InChI=1S/C14H18N2O2/c1-17-11-3-2-10-8-14(16-13(10)9-11)12-4-6-18-7-5-15-12/h2-3,8-9,12,15-16H,4-7H2,1H3. The Morgan fingerprint density at radius 3 is 3.11 bits per heavy atom. The molecule has 0 amide bonds. The zero-order valence-corrected chi connectivity index (χ0v) is 10.5. The number of hydrogen-bond acceptors (Lipinski definition) is 3. The van der Waals surface area contributed by atoms with Crippen LogP contribution in [0.4, 0.5) is 0 Å². The summed E-state index contributed by atoms with van der Waals surface area (Å²) in [7, 11) is 1.69. The Balaban J connectivity index is 1.91. The molecule has 4 nitrogen and oxygen atoms in total. The van der Waals surface area contributed by atoms with E-state index in [9.17, 15) is 0 Å². The molecular formula is C14H18N2O2. The summed E-state index contributed by atoms with van der Waals surface area (Å²) in [6.45, 7) is 2.52. The maximum absolute atomic E-state index is 5.46. The topological polar surface area (TPSA) is 46.3 Å². The molecule has 18 heavy (non-hydrogen) atoms. The number of nitrogens with one attached hydrogen (secondary N) is 2. The molecule has 1 unspecified atom stereocenters. The highest BCUT2D eigenvalue weighted by Gasteiger charge is 2.15. The predicted molar refractivity (Wildman–Crippen MR) is 71.0 cm³/mol. The first kappa shape index (κ1) is 11.6. The third kappa shape index (κ3) is 2.21. The van der Waals surface area contributed by atoms with Crippen molar-refractivity contribution in [2.24, 2.45) is 0 Å². The van der Waals surface area contributed by atoms with Crippen LogP contribution in [-0.2, 0) is 4.74 Å². The summed E-state index contributed by atoms with van der Waals surface area (Å²) in [5.41, 5.74) is 2.35. The summed E-state index contributed by atoms with van der Waals surface area (Å²) < 4.78 is 10.7. The van der Waals surface area contributed by atoms with Crippen LogP contribution in [0.5, 0.6) is 5.75 Å². The number of aromatic nitrogens is 1. The number of rotatable bonds is 2. The molecule has 1 saturated heterocycles. The van der Waals surface area contributed by atoms with Crippen LogP contribution >= 0.6 is 0 Å². The van der Waals surface area contributed by atoms with E-state index in [1.807, 2.05) is 12.1 Å². The van der Waals surface area contributed by atoms with Gasteiger partial charge >= 0.3 is 0 Å². The third-order valence-electron chi connectivity index (χ3n) is 3.41. The molecule has 1 aliphatic heterocycles. The van der Waals surface area contributed by atoms with Crippen molar-refractivity contribution in [3.05, 3.63) is 30.0 Å². The summed E-state index contributed by atoms with van der Waals surface area (Å²) in [4.78, 5) is 3.47. The highest BCUT2D eigenvalue weighted by atomic mass is 16.5. The van der Waals surface area contributed by atoms with Crippen molar-refractivity contribution < 1.29 is 9.47 Å². The quantitative estimate of drug-likeness (QED) is 0.854. The SMILES string of the molecule is COc1ccc2cc(C3CCOCCN3)[nH]c2c1. The summed E-state index contributed by atoms with van der Waals surface area (Å²) in [5.74, 6) is 0.882. The molecule has 1 aliphatic rings. The van der Waals surface area contributed by atoms with Gasteiger partial charge in [-0.3, -0.25) is 0 Å². The van der Waals surface area contributed by atoms with Crippen molar-refractivity contribution in [3.63, 3.8) is 0 Å². The molecule has 2 heterocycles. The van der Waals surface area contributed by atoms with E-state index < -0.39 is 0 Å². The van der Waals surface area contributed by atoms with E-state index in [1.54, 1.807) is 7.11 Å². The minimum absolute atomic E-state index is 0.353. The second-order valence-corrected chi connectivity index (χ2v) is 4.59. The third-order valence-corrected chi connectivity index (χ3v) is 3.41. The summed E-state index contributed by atoms with van der Waals surface area (Å²) in [6.07, 6.45) is 1.00. The van der Waals surface area contributed by atoms with E-state index >= 15 is 0 Å². The molecule has 1 aromatic carbocycles. The average Bonchev–Trinajstić information content (AvgIpc) is 2.63. The normalized spacial score (nSPS) is 20.8. The Morgan fingerprint density at radius 2 is 2.22 bits per heavy atom.